The van der Waals surface area contributed by atoms with Crippen LogP contribution in [0.5, 0.6) is 0 Å². The Balaban J connectivity index is 1.96. The number of hydrogen-bond acceptors (Lipinski definition) is 2. The van der Waals surface area contributed by atoms with E-state index < -0.39 is 0 Å². The number of aliphatic hydroxyl groups excluding tert-OH is 1. The van der Waals surface area contributed by atoms with Crippen LogP contribution in [0, 0.1) is 11.3 Å². The molecule has 2 fully saturated rings. The molecule has 90 valence electrons. The number of carbonyl (C=O) groups is 1. The summed E-state index contributed by atoms with van der Waals surface area (Å²) < 4.78 is 0. The quantitative estimate of drug-likeness (QED) is 0.583. The Morgan fingerprint density at radius 1 is 1.19 bits per heavy atom. The van der Waals surface area contributed by atoms with E-state index in [9.17, 15) is 9.90 Å². The van der Waals surface area contributed by atoms with Gasteiger partial charge in [-0.1, -0.05) is 32.6 Å². The number of aliphatic hydroxyl groups is 1. The molecular weight excluding hydrogens is 200 g/mol. The third-order valence-electron chi connectivity index (χ3n) is 4.35. The molecule has 2 heteroatoms. The van der Waals surface area contributed by atoms with Crippen molar-refractivity contribution in [2.75, 3.05) is 0 Å². The molecule has 0 aromatic heterocycles. The third kappa shape index (κ3) is 2.31. The molecule has 2 aliphatic carbocycles. The highest BCUT2D eigenvalue weighted by Gasteiger charge is 2.38. The first kappa shape index (κ1) is 11.7. The summed E-state index contributed by atoms with van der Waals surface area (Å²) in [5.74, 6) is 0.737. The Hall–Kier alpha value is -0.790. The molecule has 0 atom stereocenters. The van der Waals surface area contributed by atoms with Crippen molar-refractivity contribution in [1.82, 2.24) is 0 Å². The van der Waals surface area contributed by atoms with Crippen molar-refractivity contribution in [3.8, 4) is 0 Å². The molecule has 0 unspecified atom stereocenters. The minimum absolute atomic E-state index is 0.141. The van der Waals surface area contributed by atoms with Gasteiger partial charge in [-0.25, -0.2) is 0 Å². The SMILES string of the molecule is CC1(C(=O)/C=C(\O)C2CCCCC2)CCC1. The highest BCUT2D eigenvalue weighted by Crippen LogP contribution is 2.42. The van der Waals surface area contributed by atoms with Gasteiger partial charge in [0.1, 0.15) is 0 Å². The first-order valence-electron chi connectivity index (χ1n) is 6.57. The minimum atomic E-state index is -0.164. The van der Waals surface area contributed by atoms with Gasteiger partial charge in [0.15, 0.2) is 5.78 Å². The summed E-state index contributed by atoms with van der Waals surface area (Å²) in [6.07, 6.45) is 10.4. The highest BCUT2D eigenvalue weighted by molar-refractivity contribution is 5.95. The van der Waals surface area contributed by atoms with Gasteiger partial charge < -0.3 is 5.11 Å². The lowest BCUT2D eigenvalue weighted by Gasteiger charge is -2.35. The topological polar surface area (TPSA) is 37.3 Å². The van der Waals surface area contributed by atoms with Crippen LogP contribution in [0.3, 0.4) is 0 Å². The van der Waals surface area contributed by atoms with E-state index in [0.29, 0.717) is 5.76 Å². The van der Waals surface area contributed by atoms with Crippen LogP contribution in [-0.4, -0.2) is 10.9 Å². The van der Waals surface area contributed by atoms with E-state index in [1.54, 1.807) is 0 Å². The van der Waals surface area contributed by atoms with Crippen LogP contribution >= 0.6 is 0 Å². The Bertz CT molecular complexity index is 294. The maximum absolute atomic E-state index is 12.0. The zero-order valence-electron chi connectivity index (χ0n) is 10.2. The maximum atomic E-state index is 12.0. The minimum Gasteiger partial charge on any atom is -0.512 e. The molecule has 0 heterocycles. The summed E-state index contributed by atoms with van der Waals surface area (Å²) in [5, 5.41) is 9.97. The van der Waals surface area contributed by atoms with Gasteiger partial charge in [-0.15, -0.1) is 0 Å². The normalized spacial score (nSPS) is 26.2. The summed E-state index contributed by atoms with van der Waals surface area (Å²) in [4.78, 5) is 12.0. The van der Waals surface area contributed by atoms with Crippen molar-refractivity contribution < 1.29 is 9.90 Å². The summed E-state index contributed by atoms with van der Waals surface area (Å²) >= 11 is 0. The summed E-state index contributed by atoms with van der Waals surface area (Å²) in [5.41, 5.74) is -0.164. The molecule has 2 aliphatic rings. The predicted octanol–water partition coefficient (Wildman–Crippen LogP) is 3.77. The molecule has 0 aromatic rings. The van der Waals surface area contributed by atoms with Gasteiger partial charge in [0.2, 0.25) is 0 Å². The molecule has 0 amide bonds. The van der Waals surface area contributed by atoms with Crippen LogP contribution in [0.2, 0.25) is 0 Å². The van der Waals surface area contributed by atoms with Crippen LogP contribution in [0.4, 0.5) is 0 Å². The molecule has 0 radical (unpaired) electrons. The van der Waals surface area contributed by atoms with Crippen molar-refractivity contribution in [3.63, 3.8) is 0 Å². The lowest BCUT2D eigenvalue weighted by Crippen LogP contribution is -2.34. The summed E-state index contributed by atoms with van der Waals surface area (Å²) in [6, 6.07) is 0. The van der Waals surface area contributed by atoms with E-state index in [1.807, 2.05) is 6.92 Å². The first-order valence-corrected chi connectivity index (χ1v) is 6.57. The zero-order chi connectivity index (χ0) is 11.6. The molecule has 0 saturated heterocycles. The Labute approximate surface area is 97.7 Å². The van der Waals surface area contributed by atoms with Crippen molar-refractivity contribution >= 4 is 5.78 Å². The van der Waals surface area contributed by atoms with E-state index in [1.165, 1.54) is 25.3 Å². The van der Waals surface area contributed by atoms with Crippen LogP contribution in [0.25, 0.3) is 0 Å². The van der Waals surface area contributed by atoms with E-state index in [2.05, 4.69) is 0 Å². The average molecular weight is 222 g/mol. The van der Waals surface area contributed by atoms with Gasteiger partial charge in [0.05, 0.1) is 5.76 Å². The molecule has 0 aliphatic heterocycles. The van der Waals surface area contributed by atoms with Gasteiger partial charge in [-0.05, 0) is 25.7 Å². The summed E-state index contributed by atoms with van der Waals surface area (Å²) in [6.45, 7) is 2.02. The number of allylic oxidation sites excluding steroid dienone is 2. The van der Waals surface area contributed by atoms with Crippen molar-refractivity contribution in [2.45, 2.75) is 58.3 Å². The smallest absolute Gasteiger partial charge is 0.164 e. The maximum Gasteiger partial charge on any atom is 0.164 e. The molecule has 0 bridgehead atoms. The van der Waals surface area contributed by atoms with Crippen molar-refractivity contribution in [3.05, 3.63) is 11.8 Å². The lowest BCUT2D eigenvalue weighted by molar-refractivity contribution is -0.127. The van der Waals surface area contributed by atoms with Gasteiger partial charge >= 0.3 is 0 Å². The van der Waals surface area contributed by atoms with E-state index >= 15 is 0 Å². The zero-order valence-corrected chi connectivity index (χ0v) is 10.2. The molecule has 0 spiro atoms. The fourth-order valence-corrected chi connectivity index (χ4v) is 2.78. The van der Waals surface area contributed by atoms with Crippen LogP contribution in [-0.2, 0) is 4.79 Å². The predicted molar refractivity (Wildman–Crippen MR) is 64.3 cm³/mol. The Morgan fingerprint density at radius 3 is 2.31 bits per heavy atom. The number of carbonyl (C=O) groups excluding carboxylic acids is 1. The van der Waals surface area contributed by atoms with Crippen LogP contribution in [0.1, 0.15) is 58.3 Å². The summed E-state index contributed by atoms with van der Waals surface area (Å²) in [7, 11) is 0. The van der Waals surface area contributed by atoms with Crippen LogP contribution in [0.15, 0.2) is 11.8 Å². The molecular formula is C14H22O2. The third-order valence-corrected chi connectivity index (χ3v) is 4.35. The number of rotatable bonds is 3. The number of hydrogen-bond donors (Lipinski definition) is 1. The first-order chi connectivity index (χ1) is 7.62. The van der Waals surface area contributed by atoms with Crippen molar-refractivity contribution in [2.24, 2.45) is 11.3 Å². The van der Waals surface area contributed by atoms with Gasteiger partial charge in [0.25, 0.3) is 0 Å². The second-order valence-corrected chi connectivity index (χ2v) is 5.68. The number of ketones is 1. The van der Waals surface area contributed by atoms with Crippen molar-refractivity contribution in [1.29, 1.82) is 0 Å². The molecule has 1 N–H and O–H groups in total. The molecule has 0 aromatic carbocycles. The second-order valence-electron chi connectivity index (χ2n) is 5.68. The highest BCUT2D eigenvalue weighted by atomic mass is 16.3. The molecule has 16 heavy (non-hydrogen) atoms. The Morgan fingerprint density at radius 2 is 1.81 bits per heavy atom. The molecule has 2 rings (SSSR count). The Kier molecular flexibility index (Phi) is 3.36. The lowest BCUT2D eigenvalue weighted by atomic mass is 9.67. The van der Waals surface area contributed by atoms with E-state index in [-0.39, 0.29) is 17.1 Å². The van der Waals surface area contributed by atoms with E-state index in [0.717, 1.165) is 32.1 Å². The van der Waals surface area contributed by atoms with Crippen LogP contribution < -0.4 is 0 Å². The largest absolute Gasteiger partial charge is 0.512 e. The van der Waals surface area contributed by atoms with E-state index in [4.69, 9.17) is 0 Å². The standard InChI is InChI=1S/C14H22O2/c1-14(8-5-9-14)13(16)10-12(15)11-6-3-2-4-7-11/h10-11,15H,2-9H2,1H3/b12-10-. The van der Waals surface area contributed by atoms with Gasteiger partial charge in [-0.2, -0.15) is 0 Å². The van der Waals surface area contributed by atoms with Gasteiger partial charge in [0, 0.05) is 17.4 Å². The molecule has 2 saturated carbocycles. The second kappa shape index (κ2) is 4.60. The molecule has 2 nitrogen and oxygen atoms in total. The fourth-order valence-electron chi connectivity index (χ4n) is 2.78. The fraction of sp³-hybridized carbons (Fsp3) is 0.786. The van der Waals surface area contributed by atoms with Gasteiger partial charge in [-0.3, -0.25) is 4.79 Å². The average Bonchev–Trinajstić information content (AvgIpc) is 2.27. The monoisotopic (exact) mass is 222 g/mol.